The van der Waals surface area contributed by atoms with Crippen LogP contribution in [0.15, 0.2) is 23.1 Å². The third-order valence-electron chi connectivity index (χ3n) is 3.28. The summed E-state index contributed by atoms with van der Waals surface area (Å²) in [5, 5.41) is 6.70. The highest BCUT2D eigenvalue weighted by Gasteiger charge is 2.33. The average Bonchev–Trinajstić information content (AvgIpc) is 2.93. The summed E-state index contributed by atoms with van der Waals surface area (Å²) in [5.74, 6) is 1.25. The van der Waals surface area contributed by atoms with Crippen molar-refractivity contribution in [3.05, 3.63) is 24.5 Å². The fourth-order valence-corrected chi connectivity index (χ4v) is 2.23. The summed E-state index contributed by atoms with van der Waals surface area (Å²) in [7, 11) is 0. The van der Waals surface area contributed by atoms with Crippen molar-refractivity contribution in [2.75, 3.05) is 26.2 Å². The van der Waals surface area contributed by atoms with Crippen molar-refractivity contribution in [3.63, 3.8) is 0 Å². The maximum Gasteiger partial charge on any atom is 0.234 e. The minimum absolute atomic E-state index is 0.0433. The van der Waals surface area contributed by atoms with E-state index < -0.39 is 0 Å². The Morgan fingerprint density at radius 3 is 3.05 bits per heavy atom. The fourth-order valence-electron chi connectivity index (χ4n) is 2.23. The molecule has 1 aliphatic rings. The molecule has 0 radical (unpaired) electrons. The highest BCUT2D eigenvalue weighted by Crippen LogP contribution is 2.26. The number of carbonyl (C=O) groups is 1. The molecule has 21 heavy (non-hydrogen) atoms. The zero-order chi connectivity index (χ0) is 14.7. The van der Waals surface area contributed by atoms with E-state index in [-0.39, 0.29) is 11.8 Å². The molecule has 0 unspecified atom stereocenters. The SMILES string of the molecule is CCNC(=O)CN1CC(c2nc(-c3cnccn3)no2)C1. The molecule has 0 saturated carbocycles. The van der Waals surface area contributed by atoms with Crippen LogP contribution in [-0.2, 0) is 4.79 Å². The zero-order valence-electron chi connectivity index (χ0n) is 11.7. The van der Waals surface area contributed by atoms with Crippen LogP contribution in [0.1, 0.15) is 18.7 Å². The van der Waals surface area contributed by atoms with Gasteiger partial charge in [-0.15, -0.1) is 0 Å². The second-order valence-corrected chi connectivity index (χ2v) is 4.89. The van der Waals surface area contributed by atoms with E-state index in [4.69, 9.17) is 4.52 Å². The number of nitrogens with one attached hydrogen (secondary N) is 1. The maximum absolute atomic E-state index is 11.5. The van der Waals surface area contributed by atoms with E-state index in [0.717, 1.165) is 13.1 Å². The van der Waals surface area contributed by atoms with Gasteiger partial charge in [-0.2, -0.15) is 4.98 Å². The molecule has 0 spiro atoms. The van der Waals surface area contributed by atoms with Crippen molar-refractivity contribution >= 4 is 5.91 Å². The highest BCUT2D eigenvalue weighted by molar-refractivity contribution is 5.78. The van der Waals surface area contributed by atoms with Gasteiger partial charge in [0.1, 0.15) is 5.69 Å². The van der Waals surface area contributed by atoms with E-state index in [1.54, 1.807) is 18.6 Å². The fraction of sp³-hybridized carbons (Fsp3) is 0.462. The molecule has 1 amide bonds. The third kappa shape index (κ3) is 3.05. The van der Waals surface area contributed by atoms with Gasteiger partial charge < -0.3 is 9.84 Å². The molecule has 3 heterocycles. The zero-order valence-corrected chi connectivity index (χ0v) is 11.7. The van der Waals surface area contributed by atoms with Crippen LogP contribution in [0.3, 0.4) is 0 Å². The molecule has 2 aromatic rings. The molecule has 3 rings (SSSR count). The van der Waals surface area contributed by atoms with Crippen molar-refractivity contribution in [2.45, 2.75) is 12.8 Å². The number of carbonyl (C=O) groups excluding carboxylic acids is 1. The Bertz CT molecular complexity index is 608. The van der Waals surface area contributed by atoms with Gasteiger partial charge in [0.25, 0.3) is 0 Å². The minimum atomic E-state index is 0.0433. The molecule has 0 atom stereocenters. The van der Waals surface area contributed by atoms with Gasteiger partial charge in [0.05, 0.1) is 18.7 Å². The molecule has 2 aromatic heterocycles. The predicted octanol–water partition coefficient (Wildman–Crippen LogP) is 0.0619. The summed E-state index contributed by atoms with van der Waals surface area (Å²) in [5.41, 5.74) is 0.589. The number of likely N-dealkylation sites (tertiary alicyclic amines) is 1. The van der Waals surface area contributed by atoms with Crippen LogP contribution in [0.25, 0.3) is 11.5 Å². The van der Waals surface area contributed by atoms with Gasteiger partial charge in [-0.1, -0.05) is 5.16 Å². The van der Waals surface area contributed by atoms with Crippen LogP contribution in [-0.4, -0.2) is 57.1 Å². The summed E-state index contributed by atoms with van der Waals surface area (Å²) in [4.78, 5) is 26.0. The summed E-state index contributed by atoms with van der Waals surface area (Å²) in [6.07, 6.45) is 4.77. The van der Waals surface area contributed by atoms with Crippen LogP contribution >= 0.6 is 0 Å². The van der Waals surface area contributed by atoms with Gasteiger partial charge in [-0.05, 0) is 6.92 Å². The lowest BCUT2D eigenvalue weighted by Crippen LogP contribution is -2.49. The first-order chi connectivity index (χ1) is 10.3. The summed E-state index contributed by atoms with van der Waals surface area (Å²) < 4.78 is 5.27. The molecular weight excluding hydrogens is 272 g/mol. The number of amides is 1. The second kappa shape index (κ2) is 5.96. The van der Waals surface area contributed by atoms with E-state index in [9.17, 15) is 4.79 Å². The summed E-state index contributed by atoms with van der Waals surface area (Å²) in [6.45, 7) is 4.47. The first-order valence-electron chi connectivity index (χ1n) is 6.85. The lowest BCUT2D eigenvalue weighted by molar-refractivity contribution is -0.123. The van der Waals surface area contributed by atoms with Crippen molar-refractivity contribution in [1.82, 2.24) is 30.3 Å². The van der Waals surface area contributed by atoms with Gasteiger partial charge in [0, 0.05) is 32.0 Å². The normalized spacial score (nSPS) is 15.7. The minimum Gasteiger partial charge on any atom is -0.355 e. The van der Waals surface area contributed by atoms with Gasteiger partial charge in [0.15, 0.2) is 0 Å². The number of hydrogen-bond acceptors (Lipinski definition) is 7. The Morgan fingerprint density at radius 1 is 1.48 bits per heavy atom. The molecule has 0 bridgehead atoms. The molecule has 1 aliphatic heterocycles. The first kappa shape index (κ1) is 13.6. The summed E-state index contributed by atoms with van der Waals surface area (Å²) in [6, 6.07) is 0. The van der Waals surface area contributed by atoms with Crippen LogP contribution in [0.4, 0.5) is 0 Å². The Morgan fingerprint density at radius 2 is 2.33 bits per heavy atom. The van der Waals surface area contributed by atoms with Gasteiger partial charge >= 0.3 is 0 Å². The molecule has 8 nitrogen and oxygen atoms in total. The second-order valence-electron chi connectivity index (χ2n) is 4.89. The topological polar surface area (TPSA) is 97.0 Å². The Labute approximate surface area is 121 Å². The smallest absolute Gasteiger partial charge is 0.234 e. The van der Waals surface area contributed by atoms with E-state index in [1.165, 1.54) is 0 Å². The number of hydrogen-bond donors (Lipinski definition) is 1. The highest BCUT2D eigenvalue weighted by atomic mass is 16.5. The van der Waals surface area contributed by atoms with Crippen molar-refractivity contribution in [2.24, 2.45) is 0 Å². The number of likely N-dealkylation sites (N-methyl/N-ethyl adjacent to an activating group) is 1. The van der Waals surface area contributed by atoms with Crippen molar-refractivity contribution in [1.29, 1.82) is 0 Å². The van der Waals surface area contributed by atoms with Crippen LogP contribution in [0.2, 0.25) is 0 Å². The summed E-state index contributed by atoms with van der Waals surface area (Å²) >= 11 is 0. The van der Waals surface area contributed by atoms with E-state index in [0.29, 0.717) is 30.5 Å². The standard InChI is InChI=1S/C13H16N6O2/c1-2-15-11(20)8-19-6-9(7-19)13-17-12(18-21-13)10-5-14-3-4-16-10/h3-5,9H,2,6-8H2,1H3,(H,15,20). The quantitative estimate of drug-likeness (QED) is 0.831. The molecule has 0 aliphatic carbocycles. The largest absolute Gasteiger partial charge is 0.355 e. The molecular formula is C13H16N6O2. The van der Waals surface area contributed by atoms with Crippen LogP contribution in [0, 0.1) is 0 Å². The van der Waals surface area contributed by atoms with E-state index in [1.807, 2.05) is 11.8 Å². The Balaban J connectivity index is 1.56. The lowest BCUT2D eigenvalue weighted by Gasteiger charge is -2.36. The number of rotatable bonds is 5. The van der Waals surface area contributed by atoms with Gasteiger partial charge in [-0.25, -0.2) is 4.98 Å². The van der Waals surface area contributed by atoms with Crippen molar-refractivity contribution < 1.29 is 9.32 Å². The lowest BCUT2D eigenvalue weighted by atomic mass is 10.0. The molecule has 0 aromatic carbocycles. The monoisotopic (exact) mass is 288 g/mol. The number of aromatic nitrogens is 4. The van der Waals surface area contributed by atoms with Crippen LogP contribution < -0.4 is 5.32 Å². The Kier molecular flexibility index (Phi) is 3.87. The molecule has 1 N–H and O–H groups in total. The van der Waals surface area contributed by atoms with Crippen molar-refractivity contribution in [3.8, 4) is 11.5 Å². The predicted molar refractivity (Wildman–Crippen MR) is 73.2 cm³/mol. The molecule has 110 valence electrons. The number of nitrogens with zero attached hydrogens (tertiary/aromatic N) is 5. The van der Waals surface area contributed by atoms with Crippen LogP contribution in [0.5, 0.6) is 0 Å². The van der Waals surface area contributed by atoms with Gasteiger partial charge in [-0.3, -0.25) is 14.7 Å². The first-order valence-corrected chi connectivity index (χ1v) is 6.85. The van der Waals surface area contributed by atoms with E-state index >= 15 is 0 Å². The third-order valence-corrected chi connectivity index (χ3v) is 3.28. The molecule has 8 heteroatoms. The van der Waals surface area contributed by atoms with E-state index in [2.05, 4.69) is 25.4 Å². The average molecular weight is 288 g/mol. The molecule has 1 fully saturated rings. The Hall–Kier alpha value is -2.35. The van der Waals surface area contributed by atoms with Gasteiger partial charge in [0.2, 0.25) is 17.6 Å². The maximum atomic E-state index is 11.5. The molecule has 1 saturated heterocycles.